The second kappa shape index (κ2) is 9.04. The molecule has 0 bridgehead atoms. The topological polar surface area (TPSA) is 34.1 Å². The molecule has 1 aliphatic carbocycles. The van der Waals surface area contributed by atoms with E-state index in [0.717, 1.165) is 31.2 Å². The molecule has 1 aliphatic rings. The van der Waals surface area contributed by atoms with E-state index in [9.17, 15) is 0 Å². The summed E-state index contributed by atoms with van der Waals surface area (Å²) >= 11 is 0. The highest BCUT2D eigenvalue weighted by Gasteiger charge is 2.20. The molecule has 21 heavy (non-hydrogen) atoms. The SMILES string of the molecule is CCCOc1cncc(C(CC2CCCCC2)NCC)c1. The third-order valence-corrected chi connectivity index (χ3v) is 4.35. The van der Waals surface area contributed by atoms with Gasteiger partial charge in [-0.3, -0.25) is 4.98 Å². The van der Waals surface area contributed by atoms with Gasteiger partial charge in [-0.25, -0.2) is 0 Å². The molecule has 1 aromatic heterocycles. The van der Waals surface area contributed by atoms with E-state index >= 15 is 0 Å². The molecule has 0 aliphatic heterocycles. The highest BCUT2D eigenvalue weighted by molar-refractivity contribution is 5.26. The molecular formula is C18H30N2O. The summed E-state index contributed by atoms with van der Waals surface area (Å²) in [5.74, 6) is 1.77. The fourth-order valence-corrected chi connectivity index (χ4v) is 3.26. The van der Waals surface area contributed by atoms with Crippen LogP contribution in [-0.4, -0.2) is 18.1 Å². The van der Waals surface area contributed by atoms with E-state index in [4.69, 9.17) is 4.74 Å². The summed E-state index contributed by atoms with van der Waals surface area (Å²) in [6.07, 6.45) is 13.1. The Kier molecular flexibility index (Phi) is 7.01. The van der Waals surface area contributed by atoms with Gasteiger partial charge in [0.05, 0.1) is 12.8 Å². The summed E-state index contributed by atoms with van der Waals surface area (Å²) in [6.45, 7) is 6.07. The maximum Gasteiger partial charge on any atom is 0.137 e. The molecule has 0 aromatic carbocycles. The first-order valence-electron chi connectivity index (χ1n) is 8.64. The molecule has 1 aromatic rings. The number of nitrogens with zero attached hydrogens (tertiary/aromatic N) is 1. The molecule has 118 valence electrons. The minimum Gasteiger partial charge on any atom is -0.492 e. The zero-order valence-corrected chi connectivity index (χ0v) is 13.6. The standard InChI is InChI=1S/C18H30N2O/c1-3-10-21-17-12-16(13-19-14-17)18(20-4-2)11-15-8-6-5-7-9-15/h12-15,18,20H,3-11H2,1-2H3. The molecule has 0 radical (unpaired) electrons. The first-order chi connectivity index (χ1) is 10.3. The van der Waals surface area contributed by atoms with E-state index in [-0.39, 0.29) is 0 Å². The molecule has 3 nitrogen and oxygen atoms in total. The van der Waals surface area contributed by atoms with Gasteiger partial charge < -0.3 is 10.1 Å². The summed E-state index contributed by atoms with van der Waals surface area (Å²) in [5.41, 5.74) is 1.27. The summed E-state index contributed by atoms with van der Waals surface area (Å²) in [4.78, 5) is 4.37. The van der Waals surface area contributed by atoms with Gasteiger partial charge in [0.25, 0.3) is 0 Å². The Morgan fingerprint density at radius 1 is 1.24 bits per heavy atom. The van der Waals surface area contributed by atoms with Crippen molar-refractivity contribution in [3.05, 3.63) is 24.0 Å². The lowest BCUT2D eigenvalue weighted by Crippen LogP contribution is -2.24. The fourth-order valence-electron chi connectivity index (χ4n) is 3.26. The number of hydrogen-bond donors (Lipinski definition) is 1. The Morgan fingerprint density at radius 2 is 2.05 bits per heavy atom. The Bertz CT molecular complexity index is 402. The lowest BCUT2D eigenvalue weighted by atomic mass is 9.83. The van der Waals surface area contributed by atoms with E-state index in [2.05, 4.69) is 30.2 Å². The molecule has 1 atom stereocenters. The monoisotopic (exact) mass is 290 g/mol. The smallest absolute Gasteiger partial charge is 0.137 e. The zero-order chi connectivity index (χ0) is 14.9. The Balaban J connectivity index is 2.01. The minimum absolute atomic E-state index is 0.413. The molecule has 2 rings (SSSR count). The van der Waals surface area contributed by atoms with Crippen LogP contribution in [0, 0.1) is 5.92 Å². The van der Waals surface area contributed by atoms with Crippen LogP contribution < -0.4 is 10.1 Å². The van der Waals surface area contributed by atoms with E-state index < -0.39 is 0 Å². The average molecular weight is 290 g/mol. The van der Waals surface area contributed by atoms with E-state index in [0.29, 0.717) is 6.04 Å². The van der Waals surface area contributed by atoms with Crippen LogP contribution in [0.15, 0.2) is 18.5 Å². The van der Waals surface area contributed by atoms with Crippen LogP contribution >= 0.6 is 0 Å². The first-order valence-corrected chi connectivity index (χ1v) is 8.64. The highest BCUT2D eigenvalue weighted by atomic mass is 16.5. The first kappa shape index (κ1) is 16.3. The summed E-state index contributed by atoms with van der Waals surface area (Å²) in [6, 6.07) is 2.58. The van der Waals surface area contributed by atoms with Gasteiger partial charge in [-0.15, -0.1) is 0 Å². The van der Waals surface area contributed by atoms with Gasteiger partial charge in [-0.1, -0.05) is 46.0 Å². The average Bonchev–Trinajstić information content (AvgIpc) is 2.54. The Labute approximate surface area is 129 Å². The van der Waals surface area contributed by atoms with E-state index in [1.807, 2.05) is 12.4 Å². The van der Waals surface area contributed by atoms with E-state index in [1.54, 1.807) is 0 Å². The van der Waals surface area contributed by atoms with Crippen molar-refractivity contribution in [1.29, 1.82) is 0 Å². The Hall–Kier alpha value is -1.09. The van der Waals surface area contributed by atoms with Crippen molar-refractivity contribution in [2.45, 2.75) is 64.8 Å². The number of hydrogen-bond acceptors (Lipinski definition) is 3. The van der Waals surface area contributed by atoms with Crippen molar-refractivity contribution in [3.8, 4) is 5.75 Å². The number of rotatable bonds is 8. The molecule has 0 amide bonds. The molecule has 0 saturated heterocycles. The van der Waals surface area contributed by atoms with Crippen molar-refractivity contribution in [3.63, 3.8) is 0 Å². The molecule has 0 spiro atoms. The van der Waals surface area contributed by atoms with Crippen LogP contribution in [-0.2, 0) is 0 Å². The van der Waals surface area contributed by atoms with Gasteiger partial charge >= 0.3 is 0 Å². The molecule has 1 unspecified atom stereocenters. The molecule has 3 heteroatoms. The quantitative estimate of drug-likeness (QED) is 0.766. The predicted molar refractivity (Wildman–Crippen MR) is 87.6 cm³/mol. The van der Waals surface area contributed by atoms with Crippen molar-refractivity contribution in [1.82, 2.24) is 10.3 Å². The van der Waals surface area contributed by atoms with Gasteiger partial charge in [0.15, 0.2) is 0 Å². The van der Waals surface area contributed by atoms with Crippen molar-refractivity contribution < 1.29 is 4.74 Å². The van der Waals surface area contributed by atoms with Crippen LogP contribution in [0.25, 0.3) is 0 Å². The number of aromatic nitrogens is 1. The summed E-state index contributed by atoms with van der Waals surface area (Å²) < 4.78 is 5.72. The van der Waals surface area contributed by atoms with Crippen molar-refractivity contribution in [2.24, 2.45) is 5.92 Å². The summed E-state index contributed by atoms with van der Waals surface area (Å²) in [5, 5.41) is 3.63. The van der Waals surface area contributed by atoms with Crippen molar-refractivity contribution in [2.75, 3.05) is 13.2 Å². The second-order valence-corrected chi connectivity index (χ2v) is 6.15. The van der Waals surface area contributed by atoms with Crippen LogP contribution in [0.1, 0.15) is 70.4 Å². The summed E-state index contributed by atoms with van der Waals surface area (Å²) in [7, 11) is 0. The third-order valence-electron chi connectivity index (χ3n) is 4.35. The van der Waals surface area contributed by atoms with Crippen LogP contribution in [0.2, 0.25) is 0 Å². The van der Waals surface area contributed by atoms with Crippen molar-refractivity contribution >= 4 is 0 Å². The number of nitrogens with one attached hydrogen (secondary N) is 1. The Morgan fingerprint density at radius 3 is 2.76 bits per heavy atom. The molecule has 1 saturated carbocycles. The van der Waals surface area contributed by atoms with Gasteiger partial charge in [0.2, 0.25) is 0 Å². The largest absolute Gasteiger partial charge is 0.492 e. The lowest BCUT2D eigenvalue weighted by molar-refractivity contribution is 0.298. The molecule has 1 fully saturated rings. The van der Waals surface area contributed by atoms with E-state index in [1.165, 1.54) is 44.1 Å². The fraction of sp³-hybridized carbons (Fsp3) is 0.722. The number of ether oxygens (including phenoxy) is 1. The van der Waals surface area contributed by atoms with Gasteiger partial charge in [0.1, 0.15) is 5.75 Å². The van der Waals surface area contributed by atoms with Gasteiger partial charge in [-0.2, -0.15) is 0 Å². The van der Waals surface area contributed by atoms with Crippen LogP contribution in [0.4, 0.5) is 0 Å². The van der Waals surface area contributed by atoms with Crippen LogP contribution in [0.3, 0.4) is 0 Å². The highest BCUT2D eigenvalue weighted by Crippen LogP contribution is 2.32. The predicted octanol–water partition coefficient (Wildman–Crippen LogP) is 4.49. The normalized spacial score (nSPS) is 17.6. The minimum atomic E-state index is 0.413. The molecule has 1 N–H and O–H groups in total. The number of pyridine rings is 1. The maximum absolute atomic E-state index is 5.72. The van der Waals surface area contributed by atoms with Gasteiger partial charge in [0, 0.05) is 12.2 Å². The van der Waals surface area contributed by atoms with Crippen LogP contribution in [0.5, 0.6) is 5.75 Å². The second-order valence-electron chi connectivity index (χ2n) is 6.15. The zero-order valence-electron chi connectivity index (χ0n) is 13.6. The molecule has 1 heterocycles. The molecular weight excluding hydrogens is 260 g/mol. The maximum atomic E-state index is 5.72. The van der Waals surface area contributed by atoms with Gasteiger partial charge in [-0.05, 0) is 36.9 Å². The lowest BCUT2D eigenvalue weighted by Gasteiger charge is -2.27. The third kappa shape index (κ3) is 5.31.